The van der Waals surface area contributed by atoms with Gasteiger partial charge in [-0.2, -0.15) is 0 Å². The number of amides is 1. The lowest BCUT2D eigenvalue weighted by atomic mass is 9.99. The first-order valence-corrected chi connectivity index (χ1v) is 7.99. The maximum absolute atomic E-state index is 12.8. The maximum Gasteiger partial charge on any atom is 0.328 e. The third-order valence-electron chi connectivity index (χ3n) is 4.20. The van der Waals surface area contributed by atoms with Gasteiger partial charge in [0.2, 0.25) is 0 Å². The fraction of sp³-hybridized carbons (Fsp3) is 0.412. The van der Waals surface area contributed by atoms with Crippen LogP contribution < -0.4 is 4.74 Å². The SMILES string of the molecule is COC(=O)C1CCCCN1C(=O)C1=Cc2cc(Cl)ccc2OC1. The second-order valence-corrected chi connectivity index (χ2v) is 6.11. The van der Waals surface area contributed by atoms with E-state index in [0.717, 1.165) is 18.4 Å². The molecule has 2 aliphatic heterocycles. The number of hydrogen-bond donors (Lipinski definition) is 0. The van der Waals surface area contributed by atoms with E-state index < -0.39 is 6.04 Å². The van der Waals surface area contributed by atoms with Crippen molar-refractivity contribution >= 4 is 29.6 Å². The highest BCUT2D eigenvalue weighted by molar-refractivity contribution is 6.30. The van der Waals surface area contributed by atoms with Crippen LogP contribution >= 0.6 is 11.6 Å². The van der Waals surface area contributed by atoms with Crippen LogP contribution in [-0.2, 0) is 14.3 Å². The monoisotopic (exact) mass is 335 g/mol. The number of rotatable bonds is 2. The normalized spacial score (nSPS) is 20.2. The van der Waals surface area contributed by atoms with Crippen molar-refractivity contribution < 1.29 is 19.1 Å². The number of piperidine rings is 1. The molecule has 3 rings (SSSR count). The van der Waals surface area contributed by atoms with Gasteiger partial charge in [-0.15, -0.1) is 0 Å². The molecule has 0 aliphatic carbocycles. The summed E-state index contributed by atoms with van der Waals surface area (Å²) in [5.74, 6) is 0.165. The summed E-state index contributed by atoms with van der Waals surface area (Å²) in [6.45, 7) is 0.746. The van der Waals surface area contributed by atoms with Gasteiger partial charge in [-0.05, 0) is 43.5 Å². The number of esters is 1. The summed E-state index contributed by atoms with van der Waals surface area (Å²) >= 11 is 5.99. The van der Waals surface area contributed by atoms with Crippen LogP contribution in [0.25, 0.3) is 6.08 Å². The largest absolute Gasteiger partial charge is 0.488 e. The number of methoxy groups -OCH3 is 1. The van der Waals surface area contributed by atoms with E-state index in [2.05, 4.69) is 0 Å². The zero-order chi connectivity index (χ0) is 16.4. The van der Waals surface area contributed by atoms with Crippen LogP contribution in [0.2, 0.25) is 5.02 Å². The van der Waals surface area contributed by atoms with Crippen LogP contribution in [-0.4, -0.2) is 43.1 Å². The topological polar surface area (TPSA) is 55.8 Å². The first kappa shape index (κ1) is 15.9. The molecule has 1 aromatic carbocycles. The van der Waals surface area contributed by atoms with Gasteiger partial charge in [-0.3, -0.25) is 4.79 Å². The zero-order valence-electron chi connectivity index (χ0n) is 12.9. The van der Waals surface area contributed by atoms with E-state index in [4.69, 9.17) is 21.1 Å². The molecule has 1 unspecified atom stereocenters. The summed E-state index contributed by atoms with van der Waals surface area (Å²) < 4.78 is 10.5. The van der Waals surface area contributed by atoms with Crippen LogP contribution in [0.1, 0.15) is 24.8 Å². The molecule has 23 heavy (non-hydrogen) atoms. The third-order valence-corrected chi connectivity index (χ3v) is 4.43. The maximum atomic E-state index is 12.8. The minimum absolute atomic E-state index is 0.175. The van der Waals surface area contributed by atoms with Crippen molar-refractivity contribution in [1.29, 1.82) is 0 Å². The minimum Gasteiger partial charge on any atom is -0.488 e. The van der Waals surface area contributed by atoms with Crippen molar-refractivity contribution in [2.45, 2.75) is 25.3 Å². The van der Waals surface area contributed by atoms with Gasteiger partial charge >= 0.3 is 5.97 Å². The van der Waals surface area contributed by atoms with Gasteiger partial charge in [0.05, 0.1) is 12.7 Å². The van der Waals surface area contributed by atoms with Gasteiger partial charge < -0.3 is 14.4 Å². The van der Waals surface area contributed by atoms with E-state index in [1.165, 1.54) is 7.11 Å². The molecule has 0 aromatic heterocycles. The van der Waals surface area contributed by atoms with Crippen LogP contribution in [0.3, 0.4) is 0 Å². The zero-order valence-corrected chi connectivity index (χ0v) is 13.6. The van der Waals surface area contributed by atoms with Gasteiger partial charge in [-0.1, -0.05) is 11.6 Å². The Balaban J connectivity index is 1.86. The molecular formula is C17H18ClNO4. The van der Waals surface area contributed by atoms with Gasteiger partial charge in [0.15, 0.2) is 0 Å². The number of hydrogen-bond acceptors (Lipinski definition) is 4. The van der Waals surface area contributed by atoms with Crippen LogP contribution in [0.4, 0.5) is 0 Å². The third kappa shape index (κ3) is 3.20. The number of nitrogens with zero attached hydrogens (tertiary/aromatic N) is 1. The molecule has 0 spiro atoms. The molecule has 1 atom stereocenters. The fourth-order valence-electron chi connectivity index (χ4n) is 3.01. The summed E-state index contributed by atoms with van der Waals surface area (Å²) in [5.41, 5.74) is 1.30. The molecule has 1 fully saturated rings. The highest BCUT2D eigenvalue weighted by Crippen LogP contribution is 2.30. The first-order valence-electron chi connectivity index (χ1n) is 7.62. The quantitative estimate of drug-likeness (QED) is 0.780. The predicted octanol–water partition coefficient (Wildman–Crippen LogP) is 2.67. The van der Waals surface area contributed by atoms with E-state index in [9.17, 15) is 9.59 Å². The molecule has 2 aliphatic rings. The second kappa shape index (κ2) is 6.62. The number of ether oxygens (including phenoxy) is 2. The van der Waals surface area contributed by atoms with Gasteiger partial charge in [0, 0.05) is 17.1 Å². The van der Waals surface area contributed by atoms with Crippen molar-refractivity contribution in [3.8, 4) is 5.75 Å². The lowest BCUT2D eigenvalue weighted by Gasteiger charge is -2.34. The molecule has 0 saturated carbocycles. The number of likely N-dealkylation sites (tertiary alicyclic amines) is 1. The van der Waals surface area contributed by atoms with Gasteiger partial charge in [0.1, 0.15) is 18.4 Å². The Morgan fingerprint density at radius 1 is 1.35 bits per heavy atom. The lowest BCUT2D eigenvalue weighted by Crippen LogP contribution is -2.49. The molecule has 1 saturated heterocycles. The molecule has 5 nitrogen and oxygen atoms in total. The van der Waals surface area contributed by atoms with Crippen molar-refractivity contribution in [3.05, 3.63) is 34.4 Å². The standard InChI is InChI=1S/C17H18ClNO4/c1-22-17(21)14-4-2-3-7-19(14)16(20)12-8-11-9-13(18)5-6-15(11)23-10-12/h5-6,8-9,14H,2-4,7,10H2,1H3. The Morgan fingerprint density at radius 3 is 2.96 bits per heavy atom. The van der Waals surface area contributed by atoms with Crippen LogP contribution in [0.5, 0.6) is 5.75 Å². The Kier molecular flexibility index (Phi) is 4.57. The van der Waals surface area contributed by atoms with Crippen LogP contribution in [0.15, 0.2) is 23.8 Å². The number of halogens is 1. The van der Waals surface area contributed by atoms with Gasteiger partial charge in [0.25, 0.3) is 5.91 Å². The first-order chi connectivity index (χ1) is 11.1. The summed E-state index contributed by atoms with van der Waals surface area (Å²) in [6.07, 6.45) is 4.22. The molecule has 0 radical (unpaired) electrons. The lowest BCUT2D eigenvalue weighted by molar-refractivity contribution is -0.153. The van der Waals surface area contributed by atoms with Crippen molar-refractivity contribution in [2.75, 3.05) is 20.3 Å². The number of carbonyl (C=O) groups excluding carboxylic acids is 2. The molecule has 1 amide bonds. The van der Waals surface area contributed by atoms with E-state index >= 15 is 0 Å². The van der Waals surface area contributed by atoms with E-state index in [1.807, 2.05) is 0 Å². The van der Waals surface area contributed by atoms with E-state index in [-0.39, 0.29) is 18.5 Å². The molecular weight excluding hydrogens is 318 g/mol. The van der Waals surface area contributed by atoms with Gasteiger partial charge in [-0.25, -0.2) is 4.79 Å². The van der Waals surface area contributed by atoms with E-state index in [0.29, 0.717) is 29.3 Å². The minimum atomic E-state index is -0.511. The van der Waals surface area contributed by atoms with Crippen molar-refractivity contribution in [1.82, 2.24) is 4.90 Å². The Bertz CT molecular complexity index is 671. The van der Waals surface area contributed by atoms with Crippen molar-refractivity contribution in [3.63, 3.8) is 0 Å². The molecule has 2 heterocycles. The fourth-order valence-corrected chi connectivity index (χ4v) is 3.19. The molecule has 122 valence electrons. The molecule has 1 aromatic rings. The summed E-state index contributed by atoms with van der Waals surface area (Å²) in [6, 6.07) is 4.78. The number of fused-ring (bicyclic) bond motifs is 1. The Morgan fingerprint density at radius 2 is 2.17 bits per heavy atom. The average molecular weight is 336 g/mol. The van der Waals surface area contributed by atoms with Crippen LogP contribution in [0, 0.1) is 0 Å². The van der Waals surface area contributed by atoms with Crippen molar-refractivity contribution in [2.24, 2.45) is 0 Å². The number of carbonyl (C=O) groups is 2. The Hall–Kier alpha value is -2.01. The molecule has 0 bridgehead atoms. The second-order valence-electron chi connectivity index (χ2n) is 5.67. The predicted molar refractivity (Wildman–Crippen MR) is 86.3 cm³/mol. The average Bonchev–Trinajstić information content (AvgIpc) is 2.59. The number of benzene rings is 1. The summed E-state index contributed by atoms with van der Waals surface area (Å²) in [4.78, 5) is 26.3. The highest BCUT2D eigenvalue weighted by Gasteiger charge is 2.34. The summed E-state index contributed by atoms with van der Waals surface area (Å²) in [7, 11) is 1.35. The van der Waals surface area contributed by atoms with E-state index in [1.54, 1.807) is 29.2 Å². The summed E-state index contributed by atoms with van der Waals surface area (Å²) in [5, 5.41) is 0.586. The smallest absolute Gasteiger partial charge is 0.328 e. The molecule has 6 heteroatoms. The highest BCUT2D eigenvalue weighted by atomic mass is 35.5. The Labute approximate surface area is 139 Å². The molecule has 0 N–H and O–H groups in total.